The molecule has 1 heterocycles. The molecule has 49 valence electrons. The number of nitrogens with zero attached hydrogens (tertiary/aromatic N) is 2. The molecule has 0 saturated carbocycles. The highest BCUT2D eigenvalue weighted by atomic mass is 15.0. The minimum Gasteiger partial charge on any atom is -0.269 e. The van der Waals surface area contributed by atoms with Gasteiger partial charge in [-0.2, -0.15) is 0 Å². The number of rotatable bonds is 0. The van der Waals surface area contributed by atoms with Crippen LogP contribution in [0.5, 0.6) is 0 Å². The van der Waals surface area contributed by atoms with Crippen LogP contribution in [-0.4, -0.2) is 6.67 Å². The number of benzene rings is 1. The molecule has 0 saturated heterocycles. The van der Waals surface area contributed by atoms with Crippen molar-refractivity contribution in [3.05, 3.63) is 34.8 Å². The molecule has 0 bridgehead atoms. The van der Waals surface area contributed by atoms with Gasteiger partial charge in [-0.3, -0.25) is 10.3 Å². The molecule has 0 atom stereocenters. The van der Waals surface area contributed by atoms with E-state index in [9.17, 15) is 0 Å². The standard InChI is InChI=1S/C8H7N2/c1-2-4-8-7(3-1)5-9-6-10-8/h1-5H,6H2. The van der Waals surface area contributed by atoms with Crippen LogP contribution in [-0.2, 0) is 0 Å². The Labute approximate surface area is 58.9 Å². The fourth-order valence-corrected chi connectivity index (χ4v) is 0.997. The highest BCUT2D eigenvalue weighted by Gasteiger charge is 1.89. The average molecular weight is 131 g/mol. The number of hydrogen-bond donors (Lipinski definition) is 0. The SMILES string of the molecule is C1=c2ccccc2=NC[N]1. The lowest BCUT2D eigenvalue weighted by atomic mass is 10.3. The predicted molar refractivity (Wildman–Crippen MR) is 38.7 cm³/mol. The molecular formula is C8H7N2. The van der Waals surface area contributed by atoms with Crippen molar-refractivity contribution in [2.75, 3.05) is 6.67 Å². The van der Waals surface area contributed by atoms with Gasteiger partial charge < -0.3 is 0 Å². The summed E-state index contributed by atoms with van der Waals surface area (Å²) in [5, 5.41) is 6.20. The summed E-state index contributed by atoms with van der Waals surface area (Å²) in [5.74, 6) is 0. The van der Waals surface area contributed by atoms with E-state index in [-0.39, 0.29) is 0 Å². The summed E-state index contributed by atoms with van der Waals surface area (Å²) >= 11 is 0. The molecule has 0 spiro atoms. The number of fused-ring (bicyclic) bond motifs is 1. The third-order valence-corrected chi connectivity index (χ3v) is 1.49. The van der Waals surface area contributed by atoms with E-state index in [4.69, 9.17) is 0 Å². The molecule has 0 N–H and O–H groups in total. The van der Waals surface area contributed by atoms with Crippen molar-refractivity contribution in [2.24, 2.45) is 4.99 Å². The molecule has 2 heteroatoms. The van der Waals surface area contributed by atoms with Gasteiger partial charge in [-0.25, -0.2) is 0 Å². The first-order valence-electron chi connectivity index (χ1n) is 3.23. The monoisotopic (exact) mass is 131 g/mol. The molecule has 0 unspecified atom stereocenters. The largest absolute Gasteiger partial charge is 0.269 e. The highest BCUT2D eigenvalue weighted by Crippen LogP contribution is 1.75. The van der Waals surface area contributed by atoms with Gasteiger partial charge >= 0.3 is 0 Å². The quantitative estimate of drug-likeness (QED) is 0.459. The summed E-state index contributed by atoms with van der Waals surface area (Å²) in [6.45, 7) is 0.580. The molecule has 0 amide bonds. The lowest BCUT2D eigenvalue weighted by Gasteiger charge is -1.97. The van der Waals surface area contributed by atoms with E-state index in [0.717, 1.165) is 10.6 Å². The zero-order valence-corrected chi connectivity index (χ0v) is 5.49. The molecular weight excluding hydrogens is 124 g/mol. The van der Waals surface area contributed by atoms with E-state index >= 15 is 0 Å². The summed E-state index contributed by atoms with van der Waals surface area (Å²) in [6.07, 6.45) is 1.86. The van der Waals surface area contributed by atoms with Crippen LogP contribution >= 0.6 is 0 Å². The van der Waals surface area contributed by atoms with Crippen molar-refractivity contribution >= 4 is 6.20 Å². The Morgan fingerprint density at radius 3 is 3.00 bits per heavy atom. The Morgan fingerprint density at radius 2 is 2.10 bits per heavy atom. The van der Waals surface area contributed by atoms with Gasteiger partial charge in [0, 0.05) is 11.4 Å². The van der Waals surface area contributed by atoms with Crippen molar-refractivity contribution in [3.63, 3.8) is 0 Å². The van der Waals surface area contributed by atoms with Gasteiger partial charge in [-0.15, -0.1) is 0 Å². The summed E-state index contributed by atoms with van der Waals surface area (Å²) in [5.41, 5.74) is 0. The van der Waals surface area contributed by atoms with E-state index in [2.05, 4.69) is 10.3 Å². The van der Waals surface area contributed by atoms with Crippen LogP contribution in [0.1, 0.15) is 0 Å². The molecule has 1 radical (unpaired) electrons. The molecule has 1 aromatic rings. The van der Waals surface area contributed by atoms with Crippen LogP contribution in [0, 0.1) is 0 Å². The van der Waals surface area contributed by atoms with Gasteiger partial charge in [0.1, 0.15) is 6.67 Å². The Kier molecular flexibility index (Phi) is 1.17. The maximum Gasteiger partial charge on any atom is 0.130 e. The van der Waals surface area contributed by atoms with Crippen LogP contribution < -0.4 is 15.9 Å². The van der Waals surface area contributed by atoms with E-state index in [1.54, 1.807) is 0 Å². The third-order valence-electron chi connectivity index (χ3n) is 1.49. The fraction of sp³-hybridized carbons (Fsp3) is 0.125. The van der Waals surface area contributed by atoms with Crippen LogP contribution in [0.3, 0.4) is 0 Å². The Balaban J connectivity index is 2.84. The summed E-state index contributed by atoms with van der Waals surface area (Å²) in [7, 11) is 0. The van der Waals surface area contributed by atoms with Crippen molar-refractivity contribution < 1.29 is 0 Å². The second kappa shape index (κ2) is 2.14. The smallest absolute Gasteiger partial charge is 0.130 e. The molecule has 0 aromatic heterocycles. The van der Waals surface area contributed by atoms with Crippen LogP contribution in [0.2, 0.25) is 0 Å². The van der Waals surface area contributed by atoms with Gasteiger partial charge in [-0.1, -0.05) is 18.2 Å². The van der Waals surface area contributed by atoms with Gasteiger partial charge in [0.2, 0.25) is 0 Å². The molecule has 1 aromatic carbocycles. The van der Waals surface area contributed by atoms with Gasteiger partial charge in [-0.05, 0) is 6.07 Å². The summed E-state index contributed by atoms with van der Waals surface area (Å²) < 4.78 is 0. The first-order chi connectivity index (χ1) is 4.97. The summed E-state index contributed by atoms with van der Waals surface area (Å²) in [4.78, 5) is 4.20. The van der Waals surface area contributed by atoms with Crippen molar-refractivity contribution in [2.45, 2.75) is 0 Å². The molecule has 0 aliphatic carbocycles. The number of hydrogen-bond acceptors (Lipinski definition) is 1. The second-order valence-electron chi connectivity index (χ2n) is 2.17. The zero-order chi connectivity index (χ0) is 6.81. The van der Waals surface area contributed by atoms with Crippen molar-refractivity contribution in [1.82, 2.24) is 5.32 Å². The van der Waals surface area contributed by atoms with E-state index in [1.807, 2.05) is 30.5 Å². The topological polar surface area (TPSA) is 26.5 Å². The van der Waals surface area contributed by atoms with Gasteiger partial charge in [0.15, 0.2) is 0 Å². The Morgan fingerprint density at radius 1 is 1.20 bits per heavy atom. The Bertz CT molecular complexity index is 306. The van der Waals surface area contributed by atoms with Crippen LogP contribution in [0.4, 0.5) is 0 Å². The van der Waals surface area contributed by atoms with Crippen molar-refractivity contribution in [3.8, 4) is 0 Å². The normalized spacial score (nSPS) is 14.0. The second-order valence-corrected chi connectivity index (χ2v) is 2.17. The maximum atomic E-state index is 4.20. The first kappa shape index (κ1) is 5.47. The predicted octanol–water partition coefficient (Wildman–Crippen LogP) is -0.380. The zero-order valence-electron chi connectivity index (χ0n) is 5.49. The molecule has 1 aliphatic heterocycles. The lowest BCUT2D eigenvalue weighted by molar-refractivity contribution is 0.854. The fourth-order valence-electron chi connectivity index (χ4n) is 0.997. The van der Waals surface area contributed by atoms with Crippen molar-refractivity contribution in [1.29, 1.82) is 0 Å². The maximum absolute atomic E-state index is 4.20. The van der Waals surface area contributed by atoms with Gasteiger partial charge in [0.05, 0.1) is 5.36 Å². The summed E-state index contributed by atoms with van der Waals surface area (Å²) in [6, 6.07) is 8.00. The molecule has 1 aliphatic rings. The molecule has 2 nitrogen and oxygen atoms in total. The number of para-hydroxylation sites is 1. The van der Waals surface area contributed by atoms with E-state index in [0.29, 0.717) is 6.67 Å². The molecule has 0 fully saturated rings. The minimum absolute atomic E-state index is 0.580. The van der Waals surface area contributed by atoms with Crippen LogP contribution in [0.25, 0.3) is 6.20 Å². The van der Waals surface area contributed by atoms with E-state index in [1.165, 1.54) is 0 Å². The minimum atomic E-state index is 0.580. The Hall–Kier alpha value is -1.31. The average Bonchev–Trinajstić information content (AvgIpc) is 2.05. The molecule has 10 heavy (non-hydrogen) atoms. The first-order valence-corrected chi connectivity index (χ1v) is 3.23. The van der Waals surface area contributed by atoms with Gasteiger partial charge in [0.25, 0.3) is 0 Å². The van der Waals surface area contributed by atoms with E-state index < -0.39 is 0 Å². The third kappa shape index (κ3) is 0.778. The lowest BCUT2D eigenvalue weighted by Crippen LogP contribution is -2.30. The highest BCUT2D eigenvalue weighted by molar-refractivity contribution is 5.22. The molecule has 2 rings (SSSR count). The van der Waals surface area contributed by atoms with Crippen LogP contribution in [0.15, 0.2) is 29.3 Å².